The molecule has 2 amide bonds. The van der Waals surface area contributed by atoms with Crippen LogP contribution in [-0.2, 0) is 16.1 Å². The highest BCUT2D eigenvalue weighted by molar-refractivity contribution is 5.99. The van der Waals surface area contributed by atoms with Gasteiger partial charge in [0.15, 0.2) is 0 Å². The Balaban J connectivity index is 2.51. The molecule has 1 aromatic carbocycles. The van der Waals surface area contributed by atoms with Crippen LogP contribution < -0.4 is 11.1 Å². The van der Waals surface area contributed by atoms with Gasteiger partial charge in [0.05, 0.1) is 0 Å². The van der Waals surface area contributed by atoms with Crippen molar-refractivity contribution in [2.45, 2.75) is 13.5 Å². The number of hydrogen-bond donors (Lipinski definition) is 2. The third-order valence-electron chi connectivity index (χ3n) is 2.01. The fourth-order valence-corrected chi connectivity index (χ4v) is 1.20. The molecule has 1 aromatic rings. The highest BCUT2D eigenvalue weighted by atomic mass is 16.2. The van der Waals surface area contributed by atoms with Crippen LogP contribution >= 0.6 is 0 Å². The van der Waals surface area contributed by atoms with E-state index in [9.17, 15) is 9.59 Å². The van der Waals surface area contributed by atoms with Crippen LogP contribution in [0.3, 0.4) is 0 Å². The van der Waals surface area contributed by atoms with Gasteiger partial charge < -0.3 is 11.1 Å². The van der Waals surface area contributed by atoms with E-state index in [1.54, 1.807) is 6.92 Å². The maximum Gasteiger partial charge on any atom is 0.247 e. The summed E-state index contributed by atoms with van der Waals surface area (Å²) >= 11 is 0. The zero-order chi connectivity index (χ0) is 12.0. The van der Waals surface area contributed by atoms with E-state index in [-0.39, 0.29) is 5.91 Å². The van der Waals surface area contributed by atoms with Crippen molar-refractivity contribution in [3.63, 3.8) is 0 Å². The molecule has 0 saturated carbocycles. The van der Waals surface area contributed by atoms with Crippen molar-refractivity contribution in [2.75, 3.05) is 0 Å². The van der Waals surface area contributed by atoms with Crippen LogP contribution in [0.25, 0.3) is 0 Å². The Kier molecular flexibility index (Phi) is 4.27. The number of hydrogen-bond acceptors (Lipinski definition) is 2. The number of nitrogens with one attached hydrogen (secondary N) is 1. The van der Waals surface area contributed by atoms with Crippen molar-refractivity contribution >= 4 is 11.8 Å². The van der Waals surface area contributed by atoms with E-state index in [0.29, 0.717) is 12.1 Å². The molecule has 0 spiro atoms. The summed E-state index contributed by atoms with van der Waals surface area (Å²) in [6.45, 7) is 1.98. The number of carbonyl (C=O) groups excluding carboxylic acids is 2. The predicted molar refractivity (Wildman–Crippen MR) is 61.2 cm³/mol. The summed E-state index contributed by atoms with van der Waals surface area (Å²) in [7, 11) is 0. The minimum absolute atomic E-state index is 0.289. The molecule has 0 radical (unpaired) electrons. The van der Waals surface area contributed by atoms with Crippen LogP contribution in [-0.4, -0.2) is 11.8 Å². The number of amides is 2. The first-order valence-corrected chi connectivity index (χ1v) is 4.89. The SMILES string of the molecule is CC(=CC(N)=O)C(=O)NCc1ccccc1. The van der Waals surface area contributed by atoms with E-state index in [1.807, 2.05) is 30.3 Å². The van der Waals surface area contributed by atoms with Crippen molar-refractivity contribution in [1.29, 1.82) is 0 Å². The molecule has 0 aliphatic heterocycles. The molecular weight excluding hydrogens is 204 g/mol. The second-order valence-corrected chi connectivity index (χ2v) is 3.40. The first kappa shape index (κ1) is 12.0. The Morgan fingerprint density at radius 2 is 1.94 bits per heavy atom. The topological polar surface area (TPSA) is 72.2 Å². The summed E-state index contributed by atoms with van der Waals surface area (Å²) < 4.78 is 0. The van der Waals surface area contributed by atoms with E-state index in [2.05, 4.69) is 5.32 Å². The first-order chi connectivity index (χ1) is 7.59. The average molecular weight is 218 g/mol. The molecule has 0 aliphatic rings. The van der Waals surface area contributed by atoms with Gasteiger partial charge in [-0.2, -0.15) is 0 Å². The van der Waals surface area contributed by atoms with Crippen LogP contribution in [0.5, 0.6) is 0 Å². The van der Waals surface area contributed by atoms with Crippen LogP contribution in [0.1, 0.15) is 12.5 Å². The summed E-state index contributed by atoms with van der Waals surface area (Å²) in [5.74, 6) is -0.907. The zero-order valence-electron chi connectivity index (χ0n) is 9.07. The molecule has 16 heavy (non-hydrogen) atoms. The van der Waals surface area contributed by atoms with Gasteiger partial charge in [-0.3, -0.25) is 9.59 Å². The zero-order valence-corrected chi connectivity index (χ0v) is 9.07. The lowest BCUT2D eigenvalue weighted by Gasteiger charge is -2.04. The van der Waals surface area contributed by atoms with Crippen LogP contribution in [0.15, 0.2) is 42.0 Å². The Morgan fingerprint density at radius 1 is 1.31 bits per heavy atom. The Bertz CT molecular complexity index is 410. The van der Waals surface area contributed by atoms with Gasteiger partial charge >= 0.3 is 0 Å². The molecule has 0 unspecified atom stereocenters. The lowest BCUT2D eigenvalue weighted by Crippen LogP contribution is -2.24. The molecule has 0 heterocycles. The molecule has 0 aliphatic carbocycles. The van der Waals surface area contributed by atoms with Crippen molar-refractivity contribution in [1.82, 2.24) is 5.32 Å². The normalized spacial score (nSPS) is 10.9. The molecular formula is C12H14N2O2. The lowest BCUT2D eigenvalue weighted by atomic mass is 10.2. The monoisotopic (exact) mass is 218 g/mol. The number of benzene rings is 1. The van der Waals surface area contributed by atoms with Gasteiger partial charge in [0.2, 0.25) is 11.8 Å². The molecule has 3 N–H and O–H groups in total. The molecule has 0 fully saturated rings. The predicted octanol–water partition coefficient (Wildman–Crippen LogP) is 0.734. The summed E-state index contributed by atoms with van der Waals surface area (Å²) in [5, 5.41) is 2.69. The lowest BCUT2D eigenvalue weighted by molar-refractivity contribution is -0.118. The smallest absolute Gasteiger partial charge is 0.247 e. The first-order valence-electron chi connectivity index (χ1n) is 4.89. The highest BCUT2D eigenvalue weighted by Gasteiger charge is 2.04. The number of nitrogens with two attached hydrogens (primary N) is 1. The molecule has 0 bridgehead atoms. The molecule has 4 heteroatoms. The molecule has 1 rings (SSSR count). The molecule has 84 valence electrons. The van der Waals surface area contributed by atoms with E-state index >= 15 is 0 Å². The maximum absolute atomic E-state index is 11.5. The van der Waals surface area contributed by atoms with Crippen molar-refractivity contribution in [3.8, 4) is 0 Å². The molecule has 4 nitrogen and oxygen atoms in total. The fraction of sp³-hybridized carbons (Fsp3) is 0.167. The molecule has 0 aromatic heterocycles. The second-order valence-electron chi connectivity index (χ2n) is 3.40. The Hall–Kier alpha value is -2.10. The highest BCUT2D eigenvalue weighted by Crippen LogP contribution is 1.98. The molecule has 0 atom stereocenters. The largest absolute Gasteiger partial charge is 0.366 e. The third-order valence-corrected chi connectivity index (χ3v) is 2.01. The van der Waals surface area contributed by atoms with Crippen molar-refractivity contribution in [3.05, 3.63) is 47.5 Å². The van der Waals surface area contributed by atoms with Gasteiger partial charge in [0.25, 0.3) is 0 Å². The Morgan fingerprint density at radius 3 is 2.50 bits per heavy atom. The minimum Gasteiger partial charge on any atom is -0.366 e. The van der Waals surface area contributed by atoms with Gasteiger partial charge in [0, 0.05) is 18.2 Å². The van der Waals surface area contributed by atoms with E-state index in [4.69, 9.17) is 5.73 Å². The fourth-order valence-electron chi connectivity index (χ4n) is 1.20. The number of rotatable bonds is 4. The average Bonchev–Trinajstić information content (AvgIpc) is 2.26. The number of primary amides is 1. The minimum atomic E-state index is -0.618. The Labute approximate surface area is 94.1 Å². The van der Waals surface area contributed by atoms with Gasteiger partial charge in [-0.05, 0) is 12.5 Å². The van der Waals surface area contributed by atoms with Crippen LogP contribution in [0.2, 0.25) is 0 Å². The van der Waals surface area contributed by atoms with E-state index < -0.39 is 5.91 Å². The number of carbonyl (C=O) groups is 2. The van der Waals surface area contributed by atoms with Crippen LogP contribution in [0.4, 0.5) is 0 Å². The van der Waals surface area contributed by atoms with Gasteiger partial charge in [-0.15, -0.1) is 0 Å². The second kappa shape index (κ2) is 5.70. The van der Waals surface area contributed by atoms with Crippen molar-refractivity contribution < 1.29 is 9.59 Å². The van der Waals surface area contributed by atoms with Gasteiger partial charge in [0.1, 0.15) is 0 Å². The quantitative estimate of drug-likeness (QED) is 0.731. The summed E-state index contributed by atoms with van der Waals surface area (Å²) in [6, 6.07) is 9.52. The van der Waals surface area contributed by atoms with Crippen molar-refractivity contribution in [2.24, 2.45) is 5.73 Å². The summed E-state index contributed by atoms with van der Waals surface area (Å²) in [5.41, 5.74) is 6.25. The molecule has 0 saturated heterocycles. The third kappa shape index (κ3) is 3.96. The summed E-state index contributed by atoms with van der Waals surface area (Å²) in [4.78, 5) is 22.0. The van der Waals surface area contributed by atoms with Gasteiger partial charge in [-0.1, -0.05) is 30.3 Å². The van der Waals surface area contributed by atoms with E-state index in [0.717, 1.165) is 11.6 Å². The maximum atomic E-state index is 11.5. The van der Waals surface area contributed by atoms with Crippen LogP contribution in [0, 0.1) is 0 Å². The van der Waals surface area contributed by atoms with Gasteiger partial charge in [-0.25, -0.2) is 0 Å². The standard InChI is InChI=1S/C12H14N2O2/c1-9(7-11(13)15)12(16)14-8-10-5-3-2-4-6-10/h2-7H,8H2,1H3,(H2,13,15)(H,14,16). The summed E-state index contributed by atoms with van der Waals surface area (Å²) in [6.07, 6.45) is 1.11. The van der Waals surface area contributed by atoms with E-state index in [1.165, 1.54) is 0 Å².